The van der Waals surface area contributed by atoms with Crippen molar-refractivity contribution in [3.05, 3.63) is 18.0 Å². The Morgan fingerprint density at radius 3 is 3.00 bits per heavy atom. The Kier molecular flexibility index (Phi) is 3.30. The predicted molar refractivity (Wildman–Crippen MR) is 65.2 cm³/mol. The molecule has 16 heavy (non-hydrogen) atoms. The fraction of sp³-hybridized carbons (Fsp3) is 0.750. The van der Waals surface area contributed by atoms with Crippen LogP contribution in [0.4, 0.5) is 0 Å². The smallest absolute Gasteiger partial charge is 0.0534 e. The SMILES string of the molecule is CN(Cc1cnn(C)c1)CC1(C)CCCN1. The van der Waals surface area contributed by atoms with E-state index in [-0.39, 0.29) is 0 Å². The molecule has 0 saturated carbocycles. The molecule has 0 amide bonds. The van der Waals surface area contributed by atoms with Crippen LogP contribution < -0.4 is 5.32 Å². The van der Waals surface area contributed by atoms with E-state index in [1.807, 2.05) is 17.9 Å². The summed E-state index contributed by atoms with van der Waals surface area (Å²) in [7, 11) is 4.14. The summed E-state index contributed by atoms with van der Waals surface area (Å²) in [6, 6.07) is 0. The van der Waals surface area contributed by atoms with E-state index in [1.165, 1.54) is 18.4 Å². The molecule has 0 aliphatic carbocycles. The molecular weight excluding hydrogens is 200 g/mol. The molecule has 1 saturated heterocycles. The molecule has 4 heteroatoms. The third-order valence-corrected chi connectivity index (χ3v) is 3.29. The van der Waals surface area contributed by atoms with Gasteiger partial charge in [-0.1, -0.05) is 0 Å². The first kappa shape index (κ1) is 11.6. The van der Waals surface area contributed by atoms with E-state index in [1.54, 1.807) is 0 Å². The van der Waals surface area contributed by atoms with Gasteiger partial charge in [0, 0.05) is 37.4 Å². The molecule has 4 nitrogen and oxygen atoms in total. The maximum absolute atomic E-state index is 4.19. The Labute approximate surface area is 97.6 Å². The van der Waals surface area contributed by atoms with Crippen molar-refractivity contribution in [1.29, 1.82) is 0 Å². The molecule has 2 rings (SSSR count). The molecule has 0 spiro atoms. The van der Waals surface area contributed by atoms with Crippen molar-refractivity contribution in [3.8, 4) is 0 Å². The monoisotopic (exact) mass is 222 g/mol. The number of hydrogen-bond donors (Lipinski definition) is 1. The lowest BCUT2D eigenvalue weighted by Crippen LogP contribution is -2.46. The highest BCUT2D eigenvalue weighted by atomic mass is 15.2. The van der Waals surface area contributed by atoms with Crippen molar-refractivity contribution in [3.63, 3.8) is 0 Å². The van der Waals surface area contributed by atoms with Crippen molar-refractivity contribution in [2.45, 2.75) is 31.8 Å². The summed E-state index contributed by atoms with van der Waals surface area (Å²) < 4.78 is 1.86. The highest BCUT2D eigenvalue weighted by molar-refractivity contribution is 5.03. The lowest BCUT2D eigenvalue weighted by Gasteiger charge is -2.30. The molecular formula is C12H22N4. The van der Waals surface area contributed by atoms with E-state index in [2.05, 4.69) is 35.5 Å². The minimum absolute atomic E-state index is 0.303. The number of aromatic nitrogens is 2. The first-order valence-corrected chi connectivity index (χ1v) is 5.98. The van der Waals surface area contributed by atoms with Crippen LogP contribution in [0.3, 0.4) is 0 Å². The molecule has 2 heterocycles. The highest BCUT2D eigenvalue weighted by Gasteiger charge is 2.29. The van der Waals surface area contributed by atoms with Gasteiger partial charge in [0.25, 0.3) is 0 Å². The van der Waals surface area contributed by atoms with E-state index >= 15 is 0 Å². The van der Waals surface area contributed by atoms with Gasteiger partial charge < -0.3 is 10.2 Å². The summed E-state index contributed by atoms with van der Waals surface area (Å²) in [6.07, 6.45) is 6.61. The Balaban J connectivity index is 1.86. The van der Waals surface area contributed by atoms with Gasteiger partial charge in [-0.25, -0.2) is 0 Å². The van der Waals surface area contributed by atoms with Gasteiger partial charge in [0.05, 0.1) is 6.20 Å². The van der Waals surface area contributed by atoms with Gasteiger partial charge in [-0.2, -0.15) is 5.10 Å². The average molecular weight is 222 g/mol. The summed E-state index contributed by atoms with van der Waals surface area (Å²) in [6.45, 7) is 5.56. The summed E-state index contributed by atoms with van der Waals surface area (Å²) in [5, 5.41) is 7.79. The van der Waals surface area contributed by atoms with Crippen LogP contribution in [0, 0.1) is 0 Å². The van der Waals surface area contributed by atoms with Crippen LogP contribution in [0.1, 0.15) is 25.3 Å². The predicted octanol–water partition coefficient (Wildman–Crippen LogP) is 0.994. The second-order valence-electron chi connectivity index (χ2n) is 5.29. The second kappa shape index (κ2) is 4.55. The van der Waals surface area contributed by atoms with Crippen molar-refractivity contribution in [2.24, 2.45) is 7.05 Å². The van der Waals surface area contributed by atoms with E-state index < -0.39 is 0 Å². The third kappa shape index (κ3) is 2.83. The molecule has 1 aliphatic heterocycles. The number of rotatable bonds is 4. The number of likely N-dealkylation sites (N-methyl/N-ethyl adjacent to an activating group) is 1. The number of hydrogen-bond acceptors (Lipinski definition) is 3. The number of nitrogens with zero attached hydrogens (tertiary/aromatic N) is 3. The zero-order chi connectivity index (χ0) is 11.6. The van der Waals surface area contributed by atoms with Crippen molar-refractivity contribution in [2.75, 3.05) is 20.1 Å². The number of aryl methyl sites for hydroxylation is 1. The highest BCUT2D eigenvalue weighted by Crippen LogP contribution is 2.19. The Hall–Kier alpha value is -0.870. The maximum atomic E-state index is 4.19. The van der Waals surface area contributed by atoms with Crippen LogP contribution in [0.25, 0.3) is 0 Å². The summed E-state index contributed by atoms with van der Waals surface area (Å²) in [4.78, 5) is 2.37. The topological polar surface area (TPSA) is 33.1 Å². The maximum Gasteiger partial charge on any atom is 0.0534 e. The van der Waals surface area contributed by atoms with Gasteiger partial charge in [0.15, 0.2) is 0 Å². The van der Waals surface area contributed by atoms with Crippen LogP contribution >= 0.6 is 0 Å². The lowest BCUT2D eigenvalue weighted by atomic mass is 10.00. The zero-order valence-electron chi connectivity index (χ0n) is 10.5. The van der Waals surface area contributed by atoms with Crippen molar-refractivity contribution in [1.82, 2.24) is 20.0 Å². The first-order chi connectivity index (χ1) is 7.57. The summed E-state index contributed by atoms with van der Waals surface area (Å²) in [5.74, 6) is 0. The van der Waals surface area contributed by atoms with Gasteiger partial charge in [-0.05, 0) is 33.4 Å². The molecule has 1 aliphatic rings. The normalized spacial score (nSPS) is 25.5. The fourth-order valence-corrected chi connectivity index (χ4v) is 2.61. The zero-order valence-corrected chi connectivity index (χ0v) is 10.5. The molecule has 0 aromatic carbocycles. The van der Waals surface area contributed by atoms with E-state index in [0.717, 1.165) is 19.6 Å². The van der Waals surface area contributed by atoms with Gasteiger partial charge in [0.2, 0.25) is 0 Å². The minimum Gasteiger partial charge on any atom is -0.310 e. The largest absolute Gasteiger partial charge is 0.310 e. The van der Waals surface area contributed by atoms with Crippen LogP contribution in [0.5, 0.6) is 0 Å². The Bertz CT molecular complexity index is 339. The molecule has 1 aromatic heterocycles. The van der Waals surface area contributed by atoms with Crippen molar-refractivity contribution >= 4 is 0 Å². The molecule has 0 radical (unpaired) electrons. The minimum atomic E-state index is 0.303. The lowest BCUT2D eigenvalue weighted by molar-refractivity contribution is 0.234. The number of nitrogens with one attached hydrogen (secondary N) is 1. The second-order valence-corrected chi connectivity index (χ2v) is 5.29. The fourth-order valence-electron chi connectivity index (χ4n) is 2.61. The van der Waals surface area contributed by atoms with E-state index in [9.17, 15) is 0 Å². The molecule has 90 valence electrons. The Morgan fingerprint density at radius 2 is 2.44 bits per heavy atom. The molecule has 1 unspecified atom stereocenters. The van der Waals surface area contributed by atoms with Crippen molar-refractivity contribution < 1.29 is 0 Å². The average Bonchev–Trinajstić information content (AvgIpc) is 2.75. The molecule has 1 aromatic rings. The van der Waals surface area contributed by atoms with Crippen LogP contribution in [-0.4, -0.2) is 40.4 Å². The molecule has 0 bridgehead atoms. The van der Waals surface area contributed by atoms with Gasteiger partial charge >= 0.3 is 0 Å². The third-order valence-electron chi connectivity index (χ3n) is 3.29. The van der Waals surface area contributed by atoms with Crippen LogP contribution in [-0.2, 0) is 13.6 Å². The van der Waals surface area contributed by atoms with E-state index in [4.69, 9.17) is 0 Å². The summed E-state index contributed by atoms with van der Waals surface area (Å²) in [5.41, 5.74) is 1.59. The Morgan fingerprint density at radius 1 is 1.62 bits per heavy atom. The van der Waals surface area contributed by atoms with Crippen LogP contribution in [0.2, 0.25) is 0 Å². The van der Waals surface area contributed by atoms with Crippen LogP contribution in [0.15, 0.2) is 12.4 Å². The quantitative estimate of drug-likeness (QED) is 0.825. The standard InChI is InChI=1S/C12H22N4/c1-12(5-4-6-13-12)10-15(2)8-11-7-14-16(3)9-11/h7,9,13H,4-6,8,10H2,1-3H3. The van der Waals surface area contributed by atoms with Gasteiger partial charge in [-0.15, -0.1) is 0 Å². The van der Waals surface area contributed by atoms with Gasteiger partial charge in [0.1, 0.15) is 0 Å². The first-order valence-electron chi connectivity index (χ1n) is 5.98. The molecule has 1 N–H and O–H groups in total. The molecule has 1 atom stereocenters. The molecule has 1 fully saturated rings. The summed E-state index contributed by atoms with van der Waals surface area (Å²) >= 11 is 0. The van der Waals surface area contributed by atoms with E-state index in [0.29, 0.717) is 5.54 Å². The van der Waals surface area contributed by atoms with Gasteiger partial charge in [-0.3, -0.25) is 4.68 Å².